The quantitative estimate of drug-likeness (QED) is 0.494. The highest BCUT2D eigenvalue weighted by Crippen LogP contribution is 2.25. The highest BCUT2D eigenvalue weighted by molar-refractivity contribution is 6.30. The number of aryl methyl sites for hydroxylation is 2. The Hall–Kier alpha value is -3.44. The summed E-state index contributed by atoms with van der Waals surface area (Å²) in [6, 6.07) is 22.3. The lowest BCUT2D eigenvalue weighted by atomic mass is 10.1. The summed E-state index contributed by atoms with van der Waals surface area (Å²) < 4.78 is 1.36. The molecule has 0 unspecified atom stereocenters. The van der Waals surface area contributed by atoms with Crippen LogP contribution in [0.2, 0.25) is 5.02 Å². The Morgan fingerprint density at radius 1 is 1.00 bits per heavy atom. The maximum absolute atomic E-state index is 12.9. The fourth-order valence-corrected chi connectivity index (χ4v) is 3.49. The molecule has 0 saturated carbocycles. The van der Waals surface area contributed by atoms with Crippen molar-refractivity contribution in [2.75, 3.05) is 5.32 Å². The maximum Gasteiger partial charge on any atom is 0.274 e. The molecule has 3 aromatic carbocycles. The van der Waals surface area contributed by atoms with Gasteiger partial charge in [0.15, 0.2) is 0 Å². The van der Waals surface area contributed by atoms with Crippen molar-refractivity contribution in [3.05, 3.63) is 93.7 Å². The minimum Gasteiger partial charge on any atom is -0.326 e. The zero-order valence-electron chi connectivity index (χ0n) is 16.4. The first-order valence-electron chi connectivity index (χ1n) is 9.63. The zero-order chi connectivity index (χ0) is 21.1. The molecule has 1 N–H and O–H groups in total. The van der Waals surface area contributed by atoms with Crippen LogP contribution in [0.1, 0.15) is 12.0 Å². The molecule has 150 valence electrons. The number of hydrogen-bond donors (Lipinski definition) is 1. The largest absolute Gasteiger partial charge is 0.326 e. The number of aromatic nitrogens is 2. The molecule has 0 aliphatic carbocycles. The van der Waals surface area contributed by atoms with Gasteiger partial charge in [0.05, 0.1) is 17.6 Å². The molecule has 0 spiro atoms. The van der Waals surface area contributed by atoms with E-state index in [2.05, 4.69) is 10.4 Å². The minimum atomic E-state index is -0.216. The van der Waals surface area contributed by atoms with Gasteiger partial charge in [-0.2, -0.15) is 5.10 Å². The Labute approximate surface area is 178 Å². The maximum atomic E-state index is 12.9. The Bertz CT molecular complexity index is 1280. The van der Waals surface area contributed by atoms with Crippen molar-refractivity contribution in [1.29, 1.82) is 0 Å². The molecule has 1 heterocycles. The lowest BCUT2D eigenvalue weighted by Gasteiger charge is -2.12. The fourth-order valence-electron chi connectivity index (χ4n) is 3.36. The van der Waals surface area contributed by atoms with Crippen molar-refractivity contribution in [2.24, 2.45) is 0 Å². The van der Waals surface area contributed by atoms with Crippen molar-refractivity contribution >= 4 is 34.0 Å². The zero-order valence-corrected chi connectivity index (χ0v) is 17.2. The van der Waals surface area contributed by atoms with E-state index in [-0.39, 0.29) is 24.4 Å². The fraction of sp³-hybridized carbons (Fsp3) is 0.125. The molecule has 4 aromatic rings. The Morgan fingerprint density at radius 3 is 2.47 bits per heavy atom. The topological polar surface area (TPSA) is 64.0 Å². The lowest BCUT2D eigenvalue weighted by molar-refractivity contribution is -0.116. The summed E-state index contributed by atoms with van der Waals surface area (Å²) in [6.45, 7) is 2.15. The predicted molar refractivity (Wildman–Crippen MR) is 121 cm³/mol. The van der Waals surface area contributed by atoms with E-state index < -0.39 is 0 Å². The number of nitrogens with one attached hydrogen (secondary N) is 1. The van der Waals surface area contributed by atoms with Gasteiger partial charge in [-0.3, -0.25) is 9.59 Å². The lowest BCUT2D eigenvalue weighted by Crippen LogP contribution is -2.26. The number of halogens is 1. The second-order valence-electron chi connectivity index (χ2n) is 7.10. The van der Waals surface area contributed by atoms with E-state index in [4.69, 9.17) is 11.6 Å². The van der Waals surface area contributed by atoms with E-state index in [1.54, 1.807) is 18.2 Å². The van der Waals surface area contributed by atoms with Gasteiger partial charge in [0.25, 0.3) is 5.56 Å². The van der Waals surface area contributed by atoms with E-state index >= 15 is 0 Å². The number of fused-ring (bicyclic) bond motifs is 1. The van der Waals surface area contributed by atoms with E-state index in [1.165, 1.54) is 4.68 Å². The predicted octanol–water partition coefficient (Wildman–Crippen LogP) is 5.05. The number of hydrogen-bond acceptors (Lipinski definition) is 3. The number of anilines is 1. The number of rotatable bonds is 5. The van der Waals surface area contributed by atoms with Crippen LogP contribution in [0, 0.1) is 6.92 Å². The van der Waals surface area contributed by atoms with E-state index in [1.807, 2.05) is 61.5 Å². The molecule has 0 aliphatic rings. The van der Waals surface area contributed by atoms with Gasteiger partial charge < -0.3 is 5.32 Å². The molecule has 0 radical (unpaired) electrons. The first-order chi connectivity index (χ1) is 14.5. The number of nitrogens with zero attached hydrogens (tertiary/aromatic N) is 2. The van der Waals surface area contributed by atoms with Crippen LogP contribution in [0.25, 0.3) is 22.0 Å². The minimum absolute atomic E-state index is 0.138. The van der Waals surface area contributed by atoms with Crippen molar-refractivity contribution < 1.29 is 4.79 Å². The summed E-state index contributed by atoms with van der Waals surface area (Å²) in [5.41, 5.74) is 3.12. The third-order valence-corrected chi connectivity index (χ3v) is 5.09. The molecule has 1 aromatic heterocycles. The van der Waals surface area contributed by atoms with Crippen molar-refractivity contribution in [2.45, 2.75) is 19.9 Å². The van der Waals surface area contributed by atoms with Crippen molar-refractivity contribution in [1.82, 2.24) is 9.78 Å². The summed E-state index contributed by atoms with van der Waals surface area (Å²) in [7, 11) is 0. The smallest absolute Gasteiger partial charge is 0.274 e. The molecule has 5 nitrogen and oxygen atoms in total. The number of carbonyl (C=O) groups excluding carboxylic acids is 1. The molecule has 0 aliphatic heterocycles. The molecule has 6 heteroatoms. The number of carbonyl (C=O) groups is 1. The van der Waals surface area contributed by atoms with Crippen molar-refractivity contribution in [3.63, 3.8) is 0 Å². The first-order valence-corrected chi connectivity index (χ1v) is 10.0. The van der Waals surface area contributed by atoms with Crippen LogP contribution in [-0.2, 0) is 11.3 Å². The van der Waals surface area contributed by atoms with Gasteiger partial charge in [0, 0.05) is 28.1 Å². The van der Waals surface area contributed by atoms with Crippen LogP contribution in [0.15, 0.2) is 77.6 Å². The third kappa shape index (κ3) is 4.26. The summed E-state index contributed by atoms with van der Waals surface area (Å²) in [5, 5.41) is 9.40. The molecule has 0 saturated heterocycles. The molecule has 30 heavy (non-hydrogen) atoms. The normalized spacial score (nSPS) is 10.9. The van der Waals surface area contributed by atoms with E-state index in [9.17, 15) is 9.59 Å². The summed E-state index contributed by atoms with van der Waals surface area (Å²) in [5.74, 6) is -0.171. The van der Waals surface area contributed by atoms with Crippen LogP contribution in [0.3, 0.4) is 0 Å². The Morgan fingerprint density at radius 2 is 1.73 bits per heavy atom. The van der Waals surface area contributed by atoms with Crippen LogP contribution in [0.4, 0.5) is 5.69 Å². The molecular formula is C24H20ClN3O2. The van der Waals surface area contributed by atoms with Crippen LogP contribution in [0.5, 0.6) is 0 Å². The highest BCUT2D eigenvalue weighted by atomic mass is 35.5. The third-order valence-electron chi connectivity index (χ3n) is 4.84. The molecule has 1 amide bonds. The molecule has 0 fully saturated rings. The van der Waals surface area contributed by atoms with Gasteiger partial charge in [-0.25, -0.2) is 4.68 Å². The average Bonchev–Trinajstić information content (AvgIpc) is 2.74. The van der Waals surface area contributed by atoms with Crippen LogP contribution in [-0.4, -0.2) is 15.7 Å². The summed E-state index contributed by atoms with van der Waals surface area (Å²) in [6.07, 6.45) is 0.138. The molecule has 4 rings (SSSR count). The van der Waals surface area contributed by atoms with E-state index in [0.717, 1.165) is 22.2 Å². The molecule has 0 atom stereocenters. The summed E-state index contributed by atoms with van der Waals surface area (Å²) >= 11 is 6.01. The Kier molecular flexibility index (Phi) is 5.63. The standard InChI is InChI=1S/C24H20ClN3O2/c1-16-5-4-6-19(15-16)26-22(29)13-14-28-24(30)21-8-3-2-7-20(21)23(27-28)17-9-11-18(25)12-10-17/h2-12,15H,13-14H2,1H3,(H,26,29). The van der Waals surface area contributed by atoms with E-state index in [0.29, 0.717) is 16.1 Å². The van der Waals surface area contributed by atoms with Gasteiger partial charge in [-0.1, -0.05) is 54.1 Å². The second-order valence-corrected chi connectivity index (χ2v) is 7.53. The molecular weight excluding hydrogens is 398 g/mol. The second kappa shape index (κ2) is 8.51. The van der Waals surface area contributed by atoms with Gasteiger partial charge in [-0.05, 0) is 42.8 Å². The van der Waals surface area contributed by atoms with Gasteiger partial charge >= 0.3 is 0 Å². The van der Waals surface area contributed by atoms with Crippen molar-refractivity contribution in [3.8, 4) is 11.3 Å². The number of amides is 1. The molecule has 0 bridgehead atoms. The SMILES string of the molecule is Cc1cccc(NC(=O)CCn2nc(-c3ccc(Cl)cc3)c3ccccc3c2=O)c1. The van der Waals surface area contributed by atoms with Crippen LogP contribution >= 0.6 is 11.6 Å². The van der Waals surface area contributed by atoms with Gasteiger partial charge in [0.2, 0.25) is 5.91 Å². The van der Waals surface area contributed by atoms with Crippen LogP contribution < -0.4 is 10.9 Å². The van der Waals surface area contributed by atoms with Gasteiger partial charge in [-0.15, -0.1) is 0 Å². The monoisotopic (exact) mass is 417 g/mol. The summed E-state index contributed by atoms with van der Waals surface area (Å²) in [4.78, 5) is 25.3. The first kappa shape index (κ1) is 19.9. The Balaban J connectivity index is 1.64. The average molecular weight is 418 g/mol. The highest BCUT2D eigenvalue weighted by Gasteiger charge is 2.13. The number of benzene rings is 3. The van der Waals surface area contributed by atoms with Gasteiger partial charge in [0.1, 0.15) is 0 Å².